The summed E-state index contributed by atoms with van der Waals surface area (Å²) in [6.45, 7) is 3.32. The van der Waals surface area contributed by atoms with Crippen LogP contribution in [0, 0.1) is 6.92 Å². The third kappa shape index (κ3) is 5.95. The second-order valence-electron chi connectivity index (χ2n) is 6.27. The summed E-state index contributed by atoms with van der Waals surface area (Å²) >= 11 is 0. The molecule has 0 bridgehead atoms. The van der Waals surface area contributed by atoms with E-state index in [-0.39, 0.29) is 6.61 Å². The van der Waals surface area contributed by atoms with Crippen molar-refractivity contribution in [1.82, 2.24) is 0 Å². The maximum Gasteiger partial charge on any atom is 0.338 e. The molecule has 0 unspecified atom stereocenters. The molecule has 0 atom stereocenters. The Labute approximate surface area is 170 Å². The molecule has 2 rings (SSSR count). The molecule has 0 saturated heterocycles. The number of carbonyl (C=O) groups is 2. The van der Waals surface area contributed by atoms with Crippen molar-refractivity contribution in [3.63, 3.8) is 0 Å². The van der Waals surface area contributed by atoms with E-state index in [0.29, 0.717) is 28.3 Å². The van der Waals surface area contributed by atoms with Gasteiger partial charge in [0.05, 0.1) is 31.2 Å². The molecule has 2 aromatic carbocycles. The average Bonchev–Trinajstić information content (AvgIpc) is 2.67. The average molecular weight is 420 g/mol. The number of amides is 1. The van der Waals surface area contributed by atoms with Gasteiger partial charge in [-0.2, -0.15) is 0 Å². The third-order valence-electron chi connectivity index (χ3n) is 4.06. The maximum absolute atomic E-state index is 12.5. The van der Waals surface area contributed by atoms with Crippen LogP contribution in [0.25, 0.3) is 0 Å². The van der Waals surface area contributed by atoms with Crippen molar-refractivity contribution in [3.05, 3.63) is 53.6 Å². The van der Waals surface area contributed by atoms with Gasteiger partial charge in [-0.25, -0.2) is 13.2 Å². The summed E-state index contributed by atoms with van der Waals surface area (Å²) < 4.78 is 35.4. The van der Waals surface area contributed by atoms with Crippen LogP contribution in [0.1, 0.15) is 22.8 Å². The van der Waals surface area contributed by atoms with Crippen molar-refractivity contribution >= 4 is 33.3 Å². The lowest BCUT2D eigenvalue weighted by atomic mass is 10.1. The number of carbonyl (C=O) groups excluding carboxylic acids is 2. The Morgan fingerprint density at radius 2 is 1.76 bits per heavy atom. The molecule has 0 aliphatic heterocycles. The number of aryl methyl sites for hydroxylation is 1. The van der Waals surface area contributed by atoms with Crippen molar-refractivity contribution in [2.45, 2.75) is 13.8 Å². The Kier molecular flexibility index (Phi) is 7.22. The van der Waals surface area contributed by atoms with E-state index >= 15 is 0 Å². The van der Waals surface area contributed by atoms with Crippen LogP contribution in [0.4, 0.5) is 11.4 Å². The van der Waals surface area contributed by atoms with Gasteiger partial charge in [0.1, 0.15) is 12.3 Å². The molecular weight excluding hydrogens is 396 g/mol. The van der Waals surface area contributed by atoms with Gasteiger partial charge in [0.15, 0.2) is 0 Å². The topological polar surface area (TPSA) is 102 Å². The lowest BCUT2D eigenvalue weighted by molar-refractivity contribution is -0.114. The van der Waals surface area contributed by atoms with Gasteiger partial charge < -0.3 is 14.8 Å². The molecule has 0 fully saturated rings. The minimum atomic E-state index is -3.69. The highest BCUT2D eigenvalue weighted by molar-refractivity contribution is 7.92. The lowest BCUT2D eigenvalue weighted by Crippen LogP contribution is -2.37. The van der Waals surface area contributed by atoms with Gasteiger partial charge in [-0.1, -0.05) is 0 Å². The van der Waals surface area contributed by atoms with Crippen molar-refractivity contribution in [2.24, 2.45) is 0 Å². The zero-order valence-corrected chi connectivity index (χ0v) is 17.6. The molecule has 1 amide bonds. The molecule has 9 heteroatoms. The molecular formula is C20H24N2O6S. The van der Waals surface area contributed by atoms with Crippen molar-refractivity contribution in [1.29, 1.82) is 0 Å². The predicted octanol–water partition coefficient (Wildman–Crippen LogP) is 2.59. The summed E-state index contributed by atoms with van der Waals surface area (Å²) in [5, 5.41) is 2.68. The van der Waals surface area contributed by atoms with Crippen LogP contribution in [-0.2, 0) is 19.6 Å². The summed E-state index contributed by atoms with van der Waals surface area (Å²) in [5.74, 6) is -0.390. The fraction of sp³-hybridized carbons (Fsp3) is 0.300. The largest absolute Gasteiger partial charge is 0.497 e. The molecule has 2 aromatic rings. The van der Waals surface area contributed by atoms with E-state index in [1.165, 1.54) is 7.11 Å². The minimum absolute atomic E-state index is 0.267. The first-order chi connectivity index (χ1) is 13.7. The molecule has 0 radical (unpaired) electrons. The van der Waals surface area contributed by atoms with E-state index in [1.807, 2.05) is 0 Å². The normalized spacial score (nSPS) is 10.9. The number of benzene rings is 2. The summed E-state index contributed by atoms with van der Waals surface area (Å²) in [7, 11) is -2.18. The second-order valence-corrected chi connectivity index (χ2v) is 8.17. The molecule has 0 heterocycles. The number of ether oxygens (including phenoxy) is 2. The summed E-state index contributed by atoms with van der Waals surface area (Å²) in [6, 6.07) is 11.1. The van der Waals surface area contributed by atoms with Crippen LogP contribution >= 0.6 is 0 Å². The van der Waals surface area contributed by atoms with E-state index in [2.05, 4.69) is 5.32 Å². The number of sulfonamides is 1. The Morgan fingerprint density at radius 3 is 2.28 bits per heavy atom. The number of hydrogen-bond donors (Lipinski definition) is 1. The molecule has 156 valence electrons. The first-order valence-electron chi connectivity index (χ1n) is 8.85. The van der Waals surface area contributed by atoms with Crippen LogP contribution in [-0.4, -0.2) is 46.8 Å². The monoisotopic (exact) mass is 420 g/mol. The molecule has 29 heavy (non-hydrogen) atoms. The molecule has 1 N–H and O–H groups in total. The van der Waals surface area contributed by atoms with Gasteiger partial charge in [0.25, 0.3) is 0 Å². The van der Waals surface area contributed by atoms with E-state index < -0.39 is 28.4 Å². The number of rotatable bonds is 8. The first kappa shape index (κ1) is 22.2. The fourth-order valence-electron chi connectivity index (χ4n) is 2.61. The summed E-state index contributed by atoms with van der Waals surface area (Å²) in [4.78, 5) is 24.3. The van der Waals surface area contributed by atoms with E-state index in [1.54, 1.807) is 56.3 Å². The zero-order chi connectivity index (χ0) is 21.6. The van der Waals surface area contributed by atoms with Gasteiger partial charge in [-0.15, -0.1) is 0 Å². The highest BCUT2D eigenvalue weighted by atomic mass is 32.2. The van der Waals surface area contributed by atoms with Crippen molar-refractivity contribution in [2.75, 3.05) is 36.1 Å². The molecule has 0 aromatic heterocycles. The smallest absolute Gasteiger partial charge is 0.338 e. The standard InChI is InChI=1S/C20H24N2O6S/c1-5-28-20(24)15-6-11-18(14(2)12-15)21-19(23)13-22(29(4,25)26)16-7-9-17(27-3)10-8-16/h6-12H,5,13H2,1-4H3,(H,21,23). The Balaban J connectivity index is 2.17. The number of esters is 1. The van der Waals surface area contributed by atoms with Crippen LogP contribution in [0.3, 0.4) is 0 Å². The number of nitrogens with zero attached hydrogens (tertiary/aromatic N) is 1. The maximum atomic E-state index is 12.5. The highest BCUT2D eigenvalue weighted by Gasteiger charge is 2.21. The SMILES string of the molecule is CCOC(=O)c1ccc(NC(=O)CN(c2ccc(OC)cc2)S(C)(=O)=O)c(C)c1. The van der Waals surface area contributed by atoms with E-state index in [4.69, 9.17) is 9.47 Å². The summed E-state index contributed by atoms with van der Waals surface area (Å²) in [6.07, 6.45) is 1.03. The fourth-order valence-corrected chi connectivity index (χ4v) is 3.47. The Hall–Kier alpha value is -3.07. The Bertz CT molecular complexity index is 987. The highest BCUT2D eigenvalue weighted by Crippen LogP contribution is 2.22. The zero-order valence-electron chi connectivity index (χ0n) is 16.8. The number of hydrogen-bond acceptors (Lipinski definition) is 6. The van der Waals surface area contributed by atoms with Gasteiger partial charge >= 0.3 is 5.97 Å². The molecule has 0 aliphatic carbocycles. The second kappa shape index (κ2) is 9.42. The lowest BCUT2D eigenvalue weighted by Gasteiger charge is -2.22. The molecule has 8 nitrogen and oxygen atoms in total. The third-order valence-corrected chi connectivity index (χ3v) is 5.20. The molecule has 0 spiro atoms. The summed E-state index contributed by atoms with van der Waals surface area (Å²) in [5.41, 5.74) is 1.85. The molecule has 0 aliphatic rings. The van der Waals surface area contributed by atoms with Crippen LogP contribution in [0.15, 0.2) is 42.5 Å². The van der Waals surface area contributed by atoms with E-state index in [0.717, 1.165) is 10.6 Å². The van der Waals surface area contributed by atoms with Gasteiger partial charge in [-0.3, -0.25) is 9.10 Å². The Morgan fingerprint density at radius 1 is 1.10 bits per heavy atom. The number of methoxy groups -OCH3 is 1. The van der Waals surface area contributed by atoms with Crippen molar-refractivity contribution in [3.8, 4) is 5.75 Å². The predicted molar refractivity (Wildman–Crippen MR) is 111 cm³/mol. The number of anilines is 2. The van der Waals surface area contributed by atoms with Crippen LogP contribution in [0.5, 0.6) is 5.75 Å². The van der Waals surface area contributed by atoms with Crippen LogP contribution < -0.4 is 14.4 Å². The number of nitrogens with one attached hydrogen (secondary N) is 1. The molecule has 0 saturated carbocycles. The quantitative estimate of drug-likeness (QED) is 0.659. The first-order valence-corrected chi connectivity index (χ1v) is 10.7. The van der Waals surface area contributed by atoms with Gasteiger partial charge in [-0.05, 0) is 61.9 Å². The minimum Gasteiger partial charge on any atom is -0.497 e. The van der Waals surface area contributed by atoms with Gasteiger partial charge in [0.2, 0.25) is 15.9 Å². The van der Waals surface area contributed by atoms with Crippen molar-refractivity contribution < 1.29 is 27.5 Å². The van der Waals surface area contributed by atoms with E-state index in [9.17, 15) is 18.0 Å². The van der Waals surface area contributed by atoms with Gasteiger partial charge in [0, 0.05) is 5.69 Å². The van der Waals surface area contributed by atoms with Crippen LogP contribution in [0.2, 0.25) is 0 Å².